The third kappa shape index (κ3) is 5.34. The maximum Gasteiger partial charge on any atom is 0.416 e. The highest BCUT2D eigenvalue weighted by Gasteiger charge is 2.34. The van der Waals surface area contributed by atoms with Crippen molar-refractivity contribution in [3.05, 3.63) is 29.3 Å². The summed E-state index contributed by atoms with van der Waals surface area (Å²) in [5.41, 5.74) is 4.54. The molecule has 1 saturated heterocycles. The highest BCUT2D eigenvalue weighted by Crippen LogP contribution is 2.34. The molecule has 0 unspecified atom stereocenters. The number of nitrogens with zero attached hydrogens (tertiary/aromatic N) is 2. The number of benzene rings is 1. The first-order valence-electron chi connectivity index (χ1n) is 8.21. The van der Waals surface area contributed by atoms with Crippen molar-refractivity contribution in [1.82, 2.24) is 9.80 Å². The van der Waals surface area contributed by atoms with Gasteiger partial charge in [-0.25, -0.2) is 4.79 Å². The van der Waals surface area contributed by atoms with E-state index in [0.717, 1.165) is 32.2 Å². The van der Waals surface area contributed by atoms with Crippen LogP contribution in [0.25, 0.3) is 0 Å². The van der Waals surface area contributed by atoms with Crippen LogP contribution in [0.5, 0.6) is 0 Å². The molecule has 1 fully saturated rings. The van der Waals surface area contributed by atoms with Gasteiger partial charge < -0.3 is 11.1 Å². The van der Waals surface area contributed by atoms with E-state index in [0.29, 0.717) is 0 Å². The Labute approximate surface area is 146 Å². The summed E-state index contributed by atoms with van der Waals surface area (Å²) in [5, 5.41) is 2.19. The fraction of sp³-hybridized carbons (Fsp3) is 0.588. The lowest BCUT2D eigenvalue weighted by molar-refractivity contribution is -0.138. The molecule has 2 amide bonds. The van der Waals surface area contributed by atoms with Crippen LogP contribution in [0, 0.1) is 0 Å². The van der Waals surface area contributed by atoms with Gasteiger partial charge in [-0.1, -0.05) is 6.07 Å². The lowest BCUT2D eigenvalue weighted by Crippen LogP contribution is -2.53. The number of anilines is 1. The lowest BCUT2D eigenvalue weighted by Gasteiger charge is -2.42. The molecule has 1 aromatic rings. The second kappa shape index (κ2) is 7.21. The topological polar surface area (TPSA) is 61.6 Å². The fourth-order valence-electron chi connectivity index (χ4n) is 3.02. The highest BCUT2D eigenvalue weighted by atomic mass is 19.4. The molecule has 0 aromatic heterocycles. The molecule has 5 nitrogen and oxygen atoms in total. The van der Waals surface area contributed by atoms with Gasteiger partial charge in [0, 0.05) is 44.0 Å². The molecule has 0 bridgehead atoms. The maximum absolute atomic E-state index is 13.4. The van der Waals surface area contributed by atoms with E-state index in [2.05, 4.69) is 31.0 Å². The van der Waals surface area contributed by atoms with Crippen LogP contribution in [0.15, 0.2) is 18.2 Å². The van der Waals surface area contributed by atoms with Crippen molar-refractivity contribution in [3.63, 3.8) is 0 Å². The van der Waals surface area contributed by atoms with Crippen molar-refractivity contribution in [2.75, 3.05) is 31.5 Å². The van der Waals surface area contributed by atoms with E-state index in [1.807, 2.05) is 4.90 Å². The molecule has 25 heavy (non-hydrogen) atoms. The molecule has 8 heteroatoms. The van der Waals surface area contributed by atoms with E-state index in [9.17, 15) is 18.0 Å². The lowest BCUT2D eigenvalue weighted by atomic mass is 10.0. The molecule has 0 aliphatic carbocycles. The quantitative estimate of drug-likeness (QED) is 0.873. The van der Waals surface area contributed by atoms with Crippen molar-refractivity contribution in [2.24, 2.45) is 5.73 Å². The van der Waals surface area contributed by atoms with E-state index >= 15 is 0 Å². The number of halogens is 3. The summed E-state index contributed by atoms with van der Waals surface area (Å²) in [4.78, 5) is 15.2. The van der Waals surface area contributed by atoms with Gasteiger partial charge in [0.05, 0.1) is 5.56 Å². The number of amides is 2. The minimum absolute atomic E-state index is 0.0427. The zero-order chi connectivity index (χ0) is 18.8. The average Bonchev–Trinajstić information content (AvgIpc) is 2.47. The molecule has 140 valence electrons. The molecule has 1 aliphatic rings. The number of primary amides is 1. The van der Waals surface area contributed by atoms with Crippen LogP contribution in [0.3, 0.4) is 0 Å². The summed E-state index contributed by atoms with van der Waals surface area (Å²) in [5.74, 6) is 0. The number of nitrogens with one attached hydrogen (secondary N) is 1. The standard InChI is InChI=1S/C17H25F3N4O/c1-16(2,3)24-8-6-23(7-9-24)11-12-4-5-13(22-15(21)25)10-14(12)17(18,19)20/h4-5,10H,6-9,11H2,1-3H3,(H3,21,22,25). The number of rotatable bonds is 3. The monoisotopic (exact) mass is 358 g/mol. The minimum atomic E-state index is -4.49. The molecule has 0 atom stereocenters. The van der Waals surface area contributed by atoms with Crippen molar-refractivity contribution >= 4 is 11.7 Å². The third-order valence-corrected chi connectivity index (χ3v) is 4.40. The second-order valence-electron chi connectivity index (χ2n) is 7.29. The van der Waals surface area contributed by atoms with Gasteiger partial charge in [-0.2, -0.15) is 13.2 Å². The molecule has 1 heterocycles. The van der Waals surface area contributed by atoms with Crippen LogP contribution in [-0.2, 0) is 12.7 Å². The van der Waals surface area contributed by atoms with Crippen LogP contribution >= 0.6 is 0 Å². The number of nitrogens with two attached hydrogens (primary N) is 1. The van der Waals surface area contributed by atoms with Crippen LogP contribution in [0.2, 0.25) is 0 Å². The molecule has 0 radical (unpaired) electrons. The van der Waals surface area contributed by atoms with Crippen molar-refractivity contribution < 1.29 is 18.0 Å². The SMILES string of the molecule is CC(C)(C)N1CCN(Cc2ccc(NC(N)=O)cc2C(F)(F)F)CC1. The number of hydrogen-bond donors (Lipinski definition) is 2. The maximum atomic E-state index is 13.4. The molecular formula is C17H25F3N4O. The van der Waals surface area contributed by atoms with Crippen molar-refractivity contribution in [2.45, 2.75) is 39.0 Å². The summed E-state index contributed by atoms with van der Waals surface area (Å²) in [7, 11) is 0. The van der Waals surface area contributed by atoms with Gasteiger partial charge >= 0.3 is 12.2 Å². The first-order chi connectivity index (χ1) is 11.5. The number of carbonyl (C=O) groups is 1. The fourth-order valence-corrected chi connectivity index (χ4v) is 3.02. The van der Waals surface area contributed by atoms with E-state index in [1.165, 1.54) is 12.1 Å². The number of carbonyl (C=O) groups excluding carboxylic acids is 1. The summed E-state index contributed by atoms with van der Waals surface area (Å²) < 4.78 is 40.1. The van der Waals surface area contributed by atoms with Crippen LogP contribution in [-0.4, -0.2) is 47.5 Å². The molecule has 1 aromatic carbocycles. The Balaban J connectivity index is 2.13. The van der Waals surface area contributed by atoms with Crippen molar-refractivity contribution in [3.8, 4) is 0 Å². The molecule has 3 N–H and O–H groups in total. The Kier molecular flexibility index (Phi) is 5.63. The number of alkyl halides is 3. The van der Waals surface area contributed by atoms with Crippen LogP contribution < -0.4 is 11.1 Å². The molecule has 0 saturated carbocycles. The summed E-state index contributed by atoms with van der Waals surface area (Å²) in [6, 6.07) is 2.90. The van der Waals surface area contributed by atoms with Gasteiger partial charge in [-0.05, 0) is 38.5 Å². The molecule has 0 spiro atoms. The molecule has 2 rings (SSSR count). The predicted molar refractivity (Wildman–Crippen MR) is 91.3 cm³/mol. The summed E-state index contributed by atoms with van der Waals surface area (Å²) in [6.45, 7) is 9.71. The summed E-state index contributed by atoms with van der Waals surface area (Å²) >= 11 is 0. The van der Waals surface area contributed by atoms with Crippen LogP contribution in [0.1, 0.15) is 31.9 Å². The number of hydrogen-bond acceptors (Lipinski definition) is 3. The Hall–Kier alpha value is -1.80. The average molecular weight is 358 g/mol. The smallest absolute Gasteiger partial charge is 0.351 e. The van der Waals surface area contributed by atoms with Gasteiger partial charge in [-0.15, -0.1) is 0 Å². The van der Waals surface area contributed by atoms with Gasteiger partial charge in [0.1, 0.15) is 0 Å². The van der Waals surface area contributed by atoms with Gasteiger partial charge in [-0.3, -0.25) is 9.80 Å². The molecule has 1 aliphatic heterocycles. The highest BCUT2D eigenvalue weighted by molar-refractivity contribution is 5.87. The first-order valence-corrected chi connectivity index (χ1v) is 8.21. The van der Waals surface area contributed by atoms with E-state index < -0.39 is 17.8 Å². The van der Waals surface area contributed by atoms with E-state index in [-0.39, 0.29) is 23.3 Å². The minimum Gasteiger partial charge on any atom is -0.351 e. The molecular weight excluding hydrogens is 333 g/mol. The Morgan fingerprint density at radius 2 is 1.76 bits per heavy atom. The third-order valence-electron chi connectivity index (χ3n) is 4.40. The largest absolute Gasteiger partial charge is 0.416 e. The van der Waals surface area contributed by atoms with Gasteiger partial charge in [0.25, 0.3) is 0 Å². The van der Waals surface area contributed by atoms with E-state index in [4.69, 9.17) is 5.73 Å². The predicted octanol–water partition coefficient (Wildman–Crippen LogP) is 3.11. The van der Waals surface area contributed by atoms with Gasteiger partial charge in [0.15, 0.2) is 0 Å². The number of urea groups is 1. The zero-order valence-corrected chi connectivity index (χ0v) is 14.8. The second-order valence-corrected chi connectivity index (χ2v) is 7.29. The Morgan fingerprint density at radius 1 is 1.16 bits per heavy atom. The van der Waals surface area contributed by atoms with E-state index in [1.54, 1.807) is 0 Å². The summed E-state index contributed by atoms with van der Waals surface area (Å²) in [6.07, 6.45) is -4.49. The Bertz CT molecular complexity index is 617. The normalized spacial score (nSPS) is 17.5. The Morgan fingerprint density at radius 3 is 2.24 bits per heavy atom. The zero-order valence-electron chi connectivity index (χ0n) is 14.8. The number of piperazine rings is 1. The van der Waals surface area contributed by atoms with Crippen molar-refractivity contribution in [1.29, 1.82) is 0 Å². The van der Waals surface area contributed by atoms with Gasteiger partial charge in [0.2, 0.25) is 0 Å². The van der Waals surface area contributed by atoms with Crippen LogP contribution in [0.4, 0.5) is 23.7 Å². The first kappa shape index (κ1) is 19.5.